The summed E-state index contributed by atoms with van der Waals surface area (Å²) >= 11 is 0. The van der Waals surface area contributed by atoms with Gasteiger partial charge in [0.25, 0.3) is 0 Å². The number of phenols is 1. The van der Waals surface area contributed by atoms with Gasteiger partial charge in [-0.25, -0.2) is 0 Å². The van der Waals surface area contributed by atoms with E-state index in [1.54, 1.807) is 19.2 Å². The van der Waals surface area contributed by atoms with Gasteiger partial charge in [-0.05, 0) is 17.7 Å². The molecule has 96 valence electrons. The third-order valence-electron chi connectivity index (χ3n) is 2.62. The van der Waals surface area contributed by atoms with Crippen molar-refractivity contribution in [2.75, 3.05) is 5.32 Å². The number of phenolic OH excluding ortho intramolecular Hbond substituents is 1. The van der Waals surface area contributed by atoms with Crippen molar-refractivity contribution in [2.45, 2.75) is 6.42 Å². The minimum absolute atomic E-state index is 0.155. The number of aromatic hydroxyl groups is 1. The molecule has 0 aliphatic rings. The Balaban J connectivity index is 2.07. The molecular formula is C13H12N4O2. The maximum absolute atomic E-state index is 11.9. The second kappa shape index (κ2) is 5.23. The van der Waals surface area contributed by atoms with E-state index in [1.165, 1.54) is 23.0 Å². The van der Waals surface area contributed by atoms with Gasteiger partial charge in [-0.2, -0.15) is 10.4 Å². The van der Waals surface area contributed by atoms with Crippen LogP contribution in [0.3, 0.4) is 0 Å². The largest absolute Gasteiger partial charge is 0.508 e. The van der Waals surface area contributed by atoms with Crippen LogP contribution in [0.15, 0.2) is 30.5 Å². The van der Waals surface area contributed by atoms with Gasteiger partial charge < -0.3 is 10.4 Å². The number of amides is 1. The summed E-state index contributed by atoms with van der Waals surface area (Å²) in [4.78, 5) is 11.9. The first-order valence-corrected chi connectivity index (χ1v) is 5.60. The molecule has 19 heavy (non-hydrogen) atoms. The first-order chi connectivity index (χ1) is 9.10. The Morgan fingerprint density at radius 3 is 2.79 bits per heavy atom. The second-order valence-electron chi connectivity index (χ2n) is 4.03. The zero-order valence-corrected chi connectivity index (χ0v) is 10.3. The number of carbonyl (C=O) groups is 1. The summed E-state index contributed by atoms with van der Waals surface area (Å²) in [6.07, 6.45) is 1.56. The van der Waals surface area contributed by atoms with Crippen LogP contribution in [0.2, 0.25) is 0 Å². The highest BCUT2D eigenvalue weighted by Crippen LogP contribution is 2.14. The van der Waals surface area contributed by atoms with Crippen LogP contribution in [-0.2, 0) is 18.3 Å². The molecule has 0 bridgehead atoms. The highest BCUT2D eigenvalue weighted by atomic mass is 16.3. The number of rotatable bonds is 3. The molecule has 6 heteroatoms. The lowest BCUT2D eigenvalue weighted by molar-refractivity contribution is -0.115. The van der Waals surface area contributed by atoms with E-state index in [-0.39, 0.29) is 18.1 Å². The first kappa shape index (κ1) is 12.6. The molecule has 1 aromatic carbocycles. The lowest BCUT2D eigenvalue weighted by atomic mass is 10.1. The number of hydrogen-bond donors (Lipinski definition) is 2. The Bertz CT molecular complexity index is 638. The molecule has 0 spiro atoms. The van der Waals surface area contributed by atoms with Gasteiger partial charge >= 0.3 is 0 Å². The van der Waals surface area contributed by atoms with Crippen molar-refractivity contribution in [3.8, 4) is 11.8 Å². The molecule has 0 saturated carbocycles. The van der Waals surface area contributed by atoms with Gasteiger partial charge in [-0.15, -0.1) is 0 Å². The number of benzene rings is 1. The maximum Gasteiger partial charge on any atom is 0.229 e. The second-order valence-corrected chi connectivity index (χ2v) is 4.03. The van der Waals surface area contributed by atoms with Gasteiger partial charge in [0.05, 0.1) is 12.6 Å². The molecule has 2 N–H and O–H groups in total. The van der Waals surface area contributed by atoms with Gasteiger partial charge in [0.15, 0.2) is 0 Å². The minimum Gasteiger partial charge on any atom is -0.508 e. The average Bonchev–Trinajstić information content (AvgIpc) is 2.73. The number of nitrogens with one attached hydrogen (secondary N) is 1. The highest BCUT2D eigenvalue weighted by Gasteiger charge is 2.11. The van der Waals surface area contributed by atoms with Gasteiger partial charge in [-0.3, -0.25) is 9.48 Å². The Labute approximate surface area is 109 Å². The summed E-state index contributed by atoms with van der Waals surface area (Å²) in [7, 11) is 1.65. The number of anilines is 1. The molecule has 2 rings (SSSR count). The van der Waals surface area contributed by atoms with Crippen LogP contribution in [0.5, 0.6) is 5.75 Å². The van der Waals surface area contributed by atoms with E-state index < -0.39 is 0 Å². The summed E-state index contributed by atoms with van der Waals surface area (Å²) in [6, 6.07) is 8.34. The molecule has 0 aliphatic carbocycles. The average molecular weight is 256 g/mol. The Morgan fingerprint density at radius 1 is 1.47 bits per heavy atom. The van der Waals surface area contributed by atoms with Gasteiger partial charge in [0, 0.05) is 7.05 Å². The molecule has 0 radical (unpaired) electrons. The van der Waals surface area contributed by atoms with Crippen LogP contribution in [0.1, 0.15) is 11.1 Å². The Hall–Kier alpha value is -2.81. The van der Waals surface area contributed by atoms with Crippen LogP contribution < -0.4 is 5.32 Å². The first-order valence-electron chi connectivity index (χ1n) is 5.60. The van der Waals surface area contributed by atoms with E-state index in [0.29, 0.717) is 11.4 Å². The van der Waals surface area contributed by atoms with Crippen molar-refractivity contribution >= 4 is 11.7 Å². The number of aromatic nitrogens is 2. The fraction of sp³-hybridized carbons (Fsp3) is 0.154. The summed E-state index contributed by atoms with van der Waals surface area (Å²) in [5.41, 5.74) is 1.09. The fourth-order valence-corrected chi connectivity index (χ4v) is 1.64. The van der Waals surface area contributed by atoms with Crippen molar-refractivity contribution in [2.24, 2.45) is 7.05 Å². The van der Waals surface area contributed by atoms with Gasteiger partial charge in [-0.1, -0.05) is 12.1 Å². The molecule has 6 nitrogen and oxygen atoms in total. The molecule has 1 heterocycles. The number of carbonyl (C=O) groups excluding carboxylic acids is 1. The minimum atomic E-state index is -0.245. The van der Waals surface area contributed by atoms with E-state index in [4.69, 9.17) is 10.4 Å². The fourth-order valence-electron chi connectivity index (χ4n) is 1.64. The van der Waals surface area contributed by atoms with Crippen molar-refractivity contribution < 1.29 is 9.90 Å². The molecule has 0 atom stereocenters. The Kier molecular flexibility index (Phi) is 3.48. The zero-order valence-electron chi connectivity index (χ0n) is 10.3. The smallest absolute Gasteiger partial charge is 0.229 e. The quantitative estimate of drug-likeness (QED) is 0.862. The van der Waals surface area contributed by atoms with Crippen molar-refractivity contribution in [3.05, 3.63) is 41.6 Å². The zero-order chi connectivity index (χ0) is 13.8. The van der Waals surface area contributed by atoms with Crippen molar-refractivity contribution in [1.29, 1.82) is 5.26 Å². The van der Waals surface area contributed by atoms with Crippen molar-refractivity contribution in [1.82, 2.24) is 9.78 Å². The normalized spacial score (nSPS) is 9.89. The lowest BCUT2D eigenvalue weighted by Gasteiger charge is -2.06. The SMILES string of the molecule is Cn1ncc(C#N)c1NC(=O)Cc1ccc(O)cc1. The molecule has 0 unspecified atom stereocenters. The summed E-state index contributed by atoms with van der Waals surface area (Å²) in [5, 5.41) is 24.6. The third-order valence-corrected chi connectivity index (χ3v) is 2.62. The van der Waals surface area contributed by atoms with Crippen LogP contribution in [0.25, 0.3) is 0 Å². The van der Waals surface area contributed by atoms with Gasteiger partial charge in [0.2, 0.25) is 5.91 Å². The lowest BCUT2D eigenvalue weighted by Crippen LogP contribution is -2.17. The summed E-state index contributed by atoms with van der Waals surface area (Å²) in [5.74, 6) is 0.291. The molecular weight excluding hydrogens is 244 g/mol. The number of nitriles is 1. The predicted molar refractivity (Wildman–Crippen MR) is 68.4 cm³/mol. The van der Waals surface area contributed by atoms with E-state index in [0.717, 1.165) is 5.56 Å². The molecule has 0 fully saturated rings. The molecule has 1 aromatic heterocycles. The van der Waals surface area contributed by atoms with Crippen LogP contribution in [0.4, 0.5) is 5.82 Å². The van der Waals surface area contributed by atoms with Crippen LogP contribution >= 0.6 is 0 Å². The number of nitrogens with zero attached hydrogens (tertiary/aromatic N) is 3. The van der Waals surface area contributed by atoms with Crippen LogP contribution in [-0.4, -0.2) is 20.8 Å². The monoisotopic (exact) mass is 256 g/mol. The predicted octanol–water partition coefficient (Wildman–Crippen LogP) is 1.18. The number of aryl methyl sites for hydroxylation is 1. The van der Waals surface area contributed by atoms with E-state index in [9.17, 15) is 4.79 Å². The Morgan fingerprint density at radius 2 is 2.16 bits per heavy atom. The molecule has 1 amide bonds. The summed E-state index contributed by atoms with van der Waals surface area (Å²) in [6.45, 7) is 0. The van der Waals surface area contributed by atoms with Crippen LogP contribution in [0, 0.1) is 11.3 Å². The van der Waals surface area contributed by atoms with E-state index in [2.05, 4.69) is 10.4 Å². The molecule has 0 saturated heterocycles. The number of hydrogen-bond acceptors (Lipinski definition) is 4. The topological polar surface area (TPSA) is 90.9 Å². The van der Waals surface area contributed by atoms with E-state index in [1.807, 2.05) is 6.07 Å². The highest BCUT2D eigenvalue weighted by molar-refractivity contribution is 5.92. The van der Waals surface area contributed by atoms with Gasteiger partial charge in [0.1, 0.15) is 23.2 Å². The molecule has 2 aromatic rings. The molecule has 0 aliphatic heterocycles. The standard InChI is InChI=1S/C13H12N4O2/c1-17-13(10(7-14)8-15-17)16-12(19)6-9-2-4-11(18)5-3-9/h2-5,8,18H,6H2,1H3,(H,16,19). The van der Waals surface area contributed by atoms with Crippen molar-refractivity contribution in [3.63, 3.8) is 0 Å². The summed E-state index contributed by atoms with van der Waals surface area (Å²) < 4.78 is 1.44. The third kappa shape index (κ3) is 2.90. The maximum atomic E-state index is 11.9. The van der Waals surface area contributed by atoms with E-state index >= 15 is 0 Å².